The fourth-order valence-corrected chi connectivity index (χ4v) is 0.512. The Morgan fingerprint density at radius 1 is 1.08 bits per heavy atom. The molecule has 0 unspecified atom stereocenters. The van der Waals surface area contributed by atoms with Gasteiger partial charge in [-0.1, -0.05) is 0 Å². The van der Waals surface area contributed by atoms with Crippen molar-refractivity contribution in [3.63, 3.8) is 0 Å². The molecule has 0 spiro atoms. The lowest BCUT2D eigenvalue weighted by Gasteiger charge is -2.23. The number of hydrogen-bond acceptors (Lipinski definition) is 4. The van der Waals surface area contributed by atoms with Crippen molar-refractivity contribution in [2.24, 2.45) is 0 Å². The van der Waals surface area contributed by atoms with Gasteiger partial charge in [0.15, 0.2) is 6.10 Å². The second kappa shape index (κ2) is 4.04. The zero-order valence-electron chi connectivity index (χ0n) is 5.86. The third kappa shape index (κ3) is 2.94. The molecule has 0 aliphatic heterocycles. The SMILES string of the molecule is OC[C@@H](O)[C@@H](O)[C@@H](O)C(F)(F)F. The van der Waals surface area contributed by atoms with E-state index in [0.29, 0.717) is 0 Å². The van der Waals surface area contributed by atoms with Crippen LogP contribution in [0.3, 0.4) is 0 Å². The maximum Gasteiger partial charge on any atom is 0.417 e. The van der Waals surface area contributed by atoms with Crippen molar-refractivity contribution in [3.05, 3.63) is 0 Å². The van der Waals surface area contributed by atoms with E-state index in [1.54, 1.807) is 0 Å². The van der Waals surface area contributed by atoms with Gasteiger partial charge in [-0.25, -0.2) is 0 Å². The van der Waals surface area contributed by atoms with Crippen molar-refractivity contribution in [3.8, 4) is 0 Å². The summed E-state index contributed by atoms with van der Waals surface area (Å²) in [4.78, 5) is 0. The zero-order valence-corrected chi connectivity index (χ0v) is 5.86. The summed E-state index contributed by atoms with van der Waals surface area (Å²) in [6.45, 7) is -1.05. The molecule has 0 saturated heterocycles. The molecule has 4 N–H and O–H groups in total. The van der Waals surface area contributed by atoms with E-state index < -0.39 is 31.1 Å². The van der Waals surface area contributed by atoms with Crippen molar-refractivity contribution in [2.45, 2.75) is 24.5 Å². The van der Waals surface area contributed by atoms with Crippen LogP contribution in [-0.4, -0.2) is 51.5 Å². The molecule has 3 atom stereocenters. The van der Waals surface area contributed by atoms with Crippen molar-refractivity contribution in [1.82, 2.24) is 0 Å². The molecule has 0 saturated carbocycles. The molecule has 0 fully saturated rings. The number of rotatable bonds is 3. The van der Waals surface area contributed by atoms with E-state index in [9.17, 15) is 13.2 Å². The van der Waals surface area contributed by atoms with Gasteiger partial charge in [-0.3, -0.25) is 0 Å². The normalized spacial score (nSPS) is 20.2. The van der Waals surface area contributed by atoms with Gasteiger partial charge in [0.25, 0.3) is 0 Å². The molecule has 12 heavy (non-hydrogen) atoms. The fraction of sp³-hybridized carbons (Fsp3) is 1.00. The van der Waals surface area contributed by atoms with Crippen LogP contribution in [0, 0.1) is 0 Å². The summed E-state index contributed by atoms with van der Waals surface area (Å²) in [6.07, 6.45) is -12.5. The predicted octanol–water partition coefficient (Wildman–Crippen LogP) is -1.38. The van der Waals surface area contributed by atoms with Gasteiger partial charge in [-0.15, -0.1) is 0 Å². The lowest BCUT2D eigenvalue weighted by molar-refractivity contribution is -0.243. The maximum atomic E-state index is 11.6. The van der Waals surface area contributed by atoms with Crippen molar-refractivity contribution < 1.29 is 33.6 Å². The van der Waals surface area contributed by atoms with Crippen molar-refractivity contribution in [2.75, 3.05) is 6.61 Å². The minimum absolute atomic E-state index is 1.05. The standard InChI is InChI=1S/C5H9F3O4/c6-5(7,8)4(12)3(11)2(10)1-9/h2-4,9-12H,1H2/t2-,3-,4-/m1/s1. The first-order valence-electron chi connectivity index (χ1n) is 3.02. The van der Waals surface area contributed by atoms with Gasteiger partial charge >= 0.3 is 6.18 Å². The molecule has 7 heteroatoms. The monoisotopic (exact) mass is 190 g/mol. The van der Waals surface area contributed by atoms with Crippen LogP contribution in [-0.2, 0) is 0 Å². The largest absolute Gasteiger partial charge is 0.417 e. The van der Waals surface area contributed by atoms with E-state index in [4.69, 9.17) is 20.4 Å². The van der Waals surface area contributed by atoms with Gasteiger partial charge in [0, 0.05) is 0 Å². The fourth-order valence-electron chi connectivity index (χ4n) is 0.512. The highest BCUT2D eigenvalue weighted by Crippen LogP contribution is 2.23. The van der Waals surface area contributed by atoms with Crippen LogP contribution in [0.15, 0.2) is 0 Å². The molecule has 0 aromatic carbocycles. The van der Waals surface area contributed by atoms with Crippen LogP contribution in [0.25, 0.3) is 0 Å². The van der Waals surface area contributed by atoms with Gasteiger partial charge in [0.2, 0.25) is 0 Å². The third-order valence-corrected chi connectivity index (χ3v) is 1.24. The van der Waals surface area contributed by atoms with Gasteiger partial charge < -0.3 is 20.4 Å². The van der Waals surface area contributed by atoms with E-state index in [2.05, 4.69) is 0 Å². The molecule has 0 aromatic heterocycles. The Bertz CT molecular complexity index is 137. The summed E-state index contributed by atoms with van der Waals surface area (Å²) in [5, 5.41) is 33.5. The molecular formula is C5H9F3O4. The number of alkyl halides is 3. The Hall–Kier alpha value is -0.370. The van der Waals surface area contributed by atoms with Gasteiger partial charge in [-0.05, 0) is 0 Å². The van der Waals surface area contributed by atoms with Gasteiger partial charge in [-0.2, -0.15) is 13.2 Å². The molecule has 0 aliphatic carbocycles. The van der Waals surface area contributed by atoms with E-state index in [0.717, 1.165) is 0 Å². The highest BCUT2D eigenvalue weighted by atomic mass is 19.4. The van der Waals surface area contributed by atoms with E-state index in [1.165, 1.54) is 0 Å². The van der Waals surface area contributed by atoms with Crippen LogP contribution < -0.4 is 0 Å². The molecule has 0 bridgehead atoms. The molecule has 0 amide bonds. The molecule has 0 rings (SSSR count). The first-order chi connectivity index (χ1) is 5.30. The summed E-state index contributed by atoms with van der Waals surface area (Å²) in [5.41, 5.74) is 0. The van der Waals surface area contributed by atoms with Crippen LogP contribution in [0.4, 0.5) is 13.2 Å². The topological polar surface area (TPSA) is 80.9 Å². The summed E-state index contributed by atoms with van der Waals surface area (Å²) >= 11 is 0. The van der Waals surface area contributed by atoms with Gasteiger partial charge in [0.1, 0.15) is 12.2 Å². The second-order valence-electron chi connectivity index (χ2n) is 2.23. The molecular weight excluding hydrogens is 181 g/mol. The van der Waals surface area contributed by atoms with Crippen LogP contribution >= 0.6 is 0 Å². The Morgan fingerprint density at radius 2 is 1.50 bits per heavy atom. The first-order valence-corrected chi connectivity index (χ1v) is 3.02. The second-order valence-corrected chi connectivity index (χ2v) is 2.23. The van der Waals surface area contributed by atoms with Gasteiger partial charge in [0.05, 0.1) is 6.61 Å². The number of halogens is 3. The highest BCUT2D eigenvalue weighted by Gasteiger charge is 2.45. The Balaban J connectivity index is 4.19. The summed E-state index contributed by atoms with van der Waals surface area (Å²) in [6, 6.07) is 0. The van der Waals surface area contributed by atoms with Crippen LogP contribution in [0.1, 0.15) is 0 Å². The molecule has 0 aromatic rings. The molecule has 0 aliphatic rings. The lowest BCUT2D eigenvalue weighted by atomic mass is 10.1. The lowest BCUT2D eigenvalue weighted by Crippen LogP contribution is -2.47. The number of hydrogen-bond donors (Lipinski definition) is 4. The number of aliphatic hydroxyl groups is 4. The van der Waals surface area contributed by atoms with Crippen molar-refractivity contribution in [1.29, 1.82) is 0 Å². The van der Waals surface area contributed by atoms with Crippen LogP contribution in [0.2, 0.25) is 0 Å². The third-order valence-electron chi connectivity index (χ3n) is 1.24. The average molecular weight is 190 g/mol. The summed E-state index contributed by atoms with van der Waals surface area (Å²) in [7, 11) is 0. The van der Waals surface area contributed by atoms with E-state index in [1.807, 2.05) is 0 Å². The van der Waals surface area contributed by atoms with Crippen molar-refractivity contribution >= 4 is 0 Å². The molecule has 0 heterocycles. The van der Waals surface area contributed by atoms with E-state index in [-0.39, 0.29) is 0 Å². The molecule has 4 nitrogen and oxygen atoms in total. The Labute approximate surface area is 65.9 Å². The maximum absolute atomic E-state index is 11.6. The van der Waals surface area contributed by atoms with E-state index >= 15 is 0 Å². The summed E-state index contributed by atoms with van der Waals surface area (Å²) < 4.78 is 34.8. The zero-order chi connectivity index (χ0) is 9.94. The van der Waals surface area contributed by atoms with Crippen LogP contribution in [0.5, 0.6) is 0 Å². The summed E-state index contributed by atoms with van der Waals surface area (Å²) in [5.74, 6) is 0. The highest BCUT2D eigenvalue weighted by molar-refractivity contribution is 4.79. The smallest absolute Gasteiger partial charge is 0.394 e. The average Bonchev–Trinajstić information content (AvgIpc) is 1.98. The Morgan fingerprint density at radius 3 is 1.75 bits per heavy atom. The minimum Gasteiger partial charge on any atom is -0.394 e. The number of aliphatic hydroxyl groups excluding tert-OH is 4. The quantitative estimate of drug-likeness (QED) is 0.442. The molecule has 0 radical (unpaired) electrons. The minimum atomic E-state index is -5.00. The molecule has 74 valence electrons. The predicted molar refractivity (Wildman–Crippen MR) is 31.2 cm³/mol. The first kappa shape index (κ1) is 11.6. The Kier molecular flexibility index (Phi) is 3.91.